The maximum Gasteiger partial charge on any atom is 0.252 e. The predicted molar refractivity (Wildman–Crippen MR) is 406 cm³/mol. The number of rotatable bonds is 11. The number of benzene rings is 15. The summed E-state index contributed by atoms with van der Waals surface area (Å²) in [5, 5.41) is 4.84. The smallest absolute Gasteiger partial charge is 0.252 e. The molecule has 0 fully saturated rings. The van der Waals surface area contributed by atoms with Gasteiger partial charge < -0.3 is 23.8 Å². The van der Waals surface area contributed by atoms with Crippen LogP contribution in [0.15, 0.2) is 364 Å². The average Bonchev–Trinajstić information content (AvgIpc) is 0.726. The number of anilines is 9. The summed E-state index contributed by atoms with van der Waals surface area (Å²) in [6, 6.07) is 135. The highest BCUT2D eigenvalue weighted by atomic mass is 15.2. The van der Waals surface area contributed by atoms with E-state index in [4.69, 9.17) is 0 Å². The lowest BCUT2D eigenvalue weighted by Gasteiger charge is -2.46. The van der Waals surface area contributed by atoms with Gasteiger partial charge in [-0.25, -0.2) is 0 Å². The molecular formula is C90H60BN5. The second kappa shape index (κ2) is 22.6. The fourth-order valence-electron chi connectivity index (χ4n) is 15.8. The first-order chi connectivity index (χ1) is 47.7. The van der Waals surface area contributed by atoms with Gasteiger partial charge in [0.15, 0.2) is 0 Å². The third-order valence-electron chi connectivity index (χ3n) is 19.9. The zero-order valence-corrected chi connectivity index (χ0v) is 52.5. The van der Waals surface area contributed by atoms with Crippen LogP contribution in [0.3, 0.4) is 0 Å². The summed E-state index contributed by atoms with van der Waals surface area (Å²) in [4.78, 5) is 7.79. The van der Waals surface area contributed by atoms with Gasteiger partial charge in [0.05, 0.1) is 56.2 Å². The summed E-state index contributed by atoms with van der Waals surface area (Å²) >= 11 is 0. The van der Waals surface area contributed by atoms with Crippen molar-refractivity contribution in [3.05, 3.63) is 364 Å². The summed E-state index contributed by atoms with van der Waals surface area (Å²) in [5.74, 6) is 0. The molecule has 17 aromatic rings. The normalized spacial score (nSPS) is 12.3. The molecule has 0 N–H and O–H groups in total. The monoisotopic (exact) mass is 1220 g/mol. The van der Waals surface area contributed by atoms with Gasteiger partial charge in [-0.15, -0.1) is 0 Å². The number of fused-ring (bicyclic) bond motifs is 10. The van der Waals surface area contributed by atoms with Gasteiger partial charge in [0.25, 0.3) is 6.71 Å². The molecule has 448 valence electrons. The van der Waals surface area contributed by atoms with Crippen molar-refractivity contribution in [3.8, 4) is 55.9 Å². The lowest BCUT2D eigenvalue weighted by molar-refractivity contribution is 1.14. The van der Waals surface area contributed by atoms with Gasteiger partial charge in [0.1, 0.15) is 0 Å². The molecule has 0 unspecified atom stereocenters. The van der Waals surface area contributed by atoms with Gasteiger partial charge >= 0.3 is 0 Å². The molecule has 19 rings (SSSR count). The van der Waals surface area contributed by atoms with Gasteiger partial charge in [0.2, 0.25) is 0 Å². The summed E-state index contributed by atoms with van der Waals surface area (Å²) in [5.41, 5.74) is 29.1. The number of aromatic nitrogens is 2. The Morgan fingerprint density at radius 1 is 0.219 bits per heavy atom. The Kier molecular flexibility index (Phi) is 13.0. The lowest BCUT2D eigenvalue weighted by atomic mass is 9.33. The Balaban J connectivity index is 0.990. The van der Waals surface area contributed by atoms with Crippen LogP contribution in [0.2, 0.25) is 0 Å². The van der Waals surface area contributed by atoms with Crippen molar-refractivity contribution in [2.24, 2.45) is 0 Å². The third kappa shape index (κ3) is 8.73. The average molecular weight is 1220 g/mol. The zero-order valence-electron chi connectivity index (χ0n) is 52.5. The molecule has 2 aromatic heterocycles. The van der Waals surface area contributed by atoms with E-state index >= 15 is 0 Å². The van der Waals surface area contributed by atoms with Gasteiger partial charge in [-0.2, -0.15) is 0 Å². The summed E-state index contributed by atoms with van der Waals surface area (Å²) in [6.45, 7) is -0.253. The van der Waals surface area contributed by atoms with Crippen molar-refractivity contribution in [2.45, 2.75) is 0 Å². The van der Waals surface area contributed by atoms with Crippen molar-refractivity contribution in [3.63, 3.8) is 0 Å². The highest BCUT2D eigenvalue weighted by Gasteiger charge is 2.46. The number of hydrogen-bond donors (Lipinski definition) is 0. The molecule has 0 saturated carbocycles. The van der Waals surface area contributed by atoms with Crippen LogP contribution in [0.25, 0.3) is 99.5 Å². The van der Waals surface area contributed by atoms with Crippen LogP contribution in [-0.4, -0.2) is 15.8 Å². The molecule has 0 atom stereocenters. The molecule has 6 heteroatoms. The first kappa shape index (κ1) is 55.0. The fraction of sp³-hybridized carbons (Fsp3) is 0. The van der Waals surface area contributed by atoms with Crippen LogP contribution >= 0.6 is 0 Å². The van der Waals surface area contributed by atoms with Gasteiger partial charge in [-0.3, -0.25) is 0 Å². The molecule has 0 bridgehead atoms. The van der Waals surface area contributed by atoms with Crippen molar-refractivity contribution in [2.75, 3.05) is 14.7 Å². The first-order valence-corrected chi connectivity index (χ1v) is 33.1. The Morgan fingerprint density at radius 2 is 0.552 bits per heavy atom. The van der Waals surface area contributed by atoms with Crippen molar-refractivity contribution in [1.29, 1.82) is 0 Å². The fourth-order valence-corrected chi connectivity index (χ4v) is 15.8. The second-order valence-corrected chi connectivity index (χ2v) is 25.1. The van der Waals surface area contributed by atoms with Crippen LogP contribution in [-0.2, 0) is 0 Å². The molecule has 0 saturated heterocycles. The molecule has 0 aliphatic carbocycles. The predicted octanol–water partition coefficient (Wildman–Crippen LogP) is 22.1. The van der Waals surface area contributed by atoms with Crippen molar-refractivity contribution in [1.82, 2.24) is 9.13 Å². The van der Waals surface area contributed by atoms with E-state index < -0.39 is 0 Å². The van der Waals surface area contributed by atoms with E-state index in [0.29, 0.717) is 0 Å². The van der Waals surface area contributed by atoms with E-state index in [9.17, 15) is 0 Å². The Bertz CT molecular complexity index is 5430. The topological polar surface area (TPSA) is 19.6 Å². The van der Waals surface area contributed by atoms with Crippen LogP contribution in [0.5, 0.6) is 0 Å². The van der Waals surface area contributed by atoms with E-state index in [1.54, 1.807) is 0 Å². The number of para-hydroxylation sites is 10. The molecular weight excluding hydrogens is 1160 g/mol. The maximum absolute atomic E-state index is 2.62. The molecule has 4 heterocycles. The van der Waals surface area contributed by atoms with E-state index in [0.717, 1.165) is 118 Å². The summed E-state index contributed by atoms with van der Waals surface area (Å²) in [6.07, 6.45) is 0. The molecule has 96 heavy (non-hydrogen) atoms. The second-order valence-electron chi connectivity index (χ2n) is 25.1. The molecule has 0 spiro atoms. The lowest BCUT2D eigenvalue weighted by Crippen LogP contribution is -2.61. The standard InChI is InChI=1S/C90H60BN5/c1-6-29-61(30-7-1)65-53-55-81-75(57-65)91-76-58-66(62-31-8-2-9-32-62)54-56-82(76)96(86-52-27-25-50-84(86)94-79-47-22-18-41-73(79)74-42-19-23-48-80(74)94)88-60-68(92(67-37-14-5-15-38-67)90-69(63-33-10-3-11-34-63)43-28-44-70(90)64-35-12-4-13-36-64)59-87(89(88)91)95(81)85-51-26-24-49-83(85)93-77-45-20-16-39-71(77)72-40-17-21-46-78(72)93/h1-60H. The number of hydrogen-bond acceptors (Lipinski definition) is 3. The van der Waals surface area contributed by atoms with Gasteiger partial charge in [-0.05, 0) is 135 Å². The van der Waals surface area contributed by atoms with E-state index in [1.807, 2.05) is 0 Å². The summed E-state index contributed by atoms with van der Waals surface area (Å²) in [7, 11) is 0. The van der Waals surface area contributed by atoms with Crippen LogP contribution in [0.4, 0.5) is 51.2 Å². The van der Waals surface area contributed by atoms with E-state index in [-0.39, 0.29) is 6.71 Å². The molecule has 2 aliphatic rings. The summed E-state index contributed by atoms with van der Waals surface area (Å²) < 4.78 is 4.99. The molecule has 5 nitrogen and oxygen atoms in total. The van der Waals surface area contributed by atoms with Crippen LogP contribution < -0.4 is 31.1 Å². The van der Waals surface area contributed by atoms with Crippen LogP contribution in [0.1, 0.15) is 0 Å². The highest BCUT2D eigenvalue weighted by molar-refractivity contribution is 7.00. The van der Waals surface area contributed by atoms with Crippen molar-refractivity contribution < 1.29 is 0 Å². The SMILES string of the molecule is c1ccc(-c2ccc3c(c2)B2c4cc(-c5ccccc5)ccc4N(c4ccccc4-n4c5ccccc5c5ccccc54)c4cc(N(c5ccccc5)c5c(-c6ccccc6)cccc5-c5ccccc5)cc(c42)N3c2ccccc2-n2c3ccccc3c3ccccc32)cc1. The minimum Gasteiger partial charge on any atom is -0.309 e. The first-order valence-electron chi connectivity index (χ1n) is 33.1. The van der Waals surface area contributed by atoms with Gasteiger partial charge in [-0.1, -0.05) is 279 Å². The van der Waals surface area contributed by atoms with Crippen LogP contribution in [0, 0.1) is 0 Å². The minimum atomic E-state index is -0.253. The quantitative estimate of drug-likeness (QED) is 0.120. The Labute approximate surface area is 558 Å². The number of nitrogens with zero attached hydrogens (tertiary/aromatic N) is 5. The Hall–Kier alpha value is -12.6. The molecule has 0 amide bonds. The molecule has 0 radical (unpaired) electrons. The Morgan fingerprint density at radius 3 is 0.948 bits per heavy atom. The molecule has 15 aromatic carbocycles. The minimum absolute atomic E-state index is 0.253. The van der Waals surface area contributed by atoms with E-state index in [1.165, 1.54) is 49.1 Å². The van der Waals surface area contributed by atoms with E-state index in [2.05, 4.69) is 388 Å². The largest absolute Gasteiger partial charge is 0.309 e. The highest BCUT2D eigenvalue weighted by Crippen LogP contribution is 2.54. The third-order valence-corrected chi connectivity index (χ3v) is 19.9. The van der Waals surface area contributed by atoms with Gasteiger partial charge in [0, 0.05) is 61.1 Å². The molecule has 2 aliphatic heterocycles. The van der Waals surface area contributed by atoms with Crippen molar-refractivity contribution >= 4 is 118 Å². The zero-order chi connectivity index (χ0) is 63.2. The maximum atomic E-state index is 2.62.